The minimum atomic E-state index is -4.73. The highest BCUT2D eigenvalue weighted by molar-refractivity contribution is 6.33. The van der Waals surface area contributed by atoms with Crippen molar-refractivity contribution < 1.29 is 31.7 Å². The van der Waals surface area contributed by atoms with Crippen LogP contribution in [-0.4, -0.2) is 35.7 Å². The van der Waals surface area contributed by atoms with Gasteiger partial charge in [-0.15, -0.1) is 0 Å². The highest BCUT2D eigenvalue weighted by Crippen LogP contribution is 2.35. The first kappa shape index (κ1) is 31.6. The standard InChI is InChI=1S/C28H28ClF4N5O3/c1-15(2)13-21(26(39)35-12-11-34)37-25(28(31,32)33)18-9-7-17(8-10-18)14-36-27(40)22-16(3)41-38-24(22)23-19(29)5-4-6-20(23)30/h4-10,15,21,25,37H,12-14H2,1-3H3,(H,35,39)(H,36,40)/t21-,25-/m0/s1. The molecule has 1 aromatic heterocycles. The van der Waals surface area contributed by atoms with Crippen LogP contribution in [0.5, 0.6) is 0 Å². The number of halogens is 5. The van der Waals surface area contributed by atoms with Crippen LogP contribution < -0.4 is 16.0 Å². The number of aryl methyl sites for hydroxylation is 1. The van der Waals surface area contributed by atoms with Gasteiger partial charge in [0.1, 0.15) is 35.4 Å². The zero-order valence-electron chi connectivity index (χ0n) is 22.4. The summed E-state index contributed by atoms with van der Waals surface area (Å²) in [6.07, 6.45) is -4.60. The van der Waals surface area contributed by atoms with Crippen molar-refractivity contribution in [2.75, 3.05) is 6.54 Å². The summed E-state index contributed by atoms with van der Waals surface area (Å²) in [5.74, 6) is -2.00. The molecule has 8 nitrogen and oxygen atoms in total. The number of carbonyl (C=O) groups is 2. The fourth-order valence-electron chi connectivity index (χ4n) is 4.19. The van der Waals surface area contributed by atoms with Gasteiger partial charge in [0, 0.05) is 6.54 Å². The predicted molar refractivity (Wildman–Crippen MR) is 143 cm³/mol. The summed E-state index contributed by atoms with van der Waals surface area (Å²) in [5, 5.41) is 19.9. The minimum absolute atomic E-state index is 0.0270. The number of rotatable bonds is 11. The van der Waals surface area contributed by atoms with Gasteiger partial charge >= 0.3 is 6.18 Å². The third-order valence-electron chi connectivity index (χ3n) is 6.12. The predicted octanol–water partition coefficient (Wildman–Crippen LogP) is 5.62. The molecule has 0 spiro atoms. The molecule has 3 N–H and O–H groups in total. The van der Waals surface area contributed by atoms with Crippen molar-refractivity contribution in [3.05, 3.63) is 75.8 Å². The number of benzene rings is 2. The van der Waals surface area contributed by atoms with Gasteiger partial charge in [-0.3, -0.25) is 14.9 Å². The van der Waals surface area contributed by atoms with Crippen molar-refractivity contribution >= 4 is 23.4 Å². The first-order valence-corrected chi connectivity index (χ1v) is 13.0. The van der Waals surface area contributed by atoms with E-state index in [2.05, 4.69) is 21.1 Å². The SMILES string of the molecule is Cc1onc(-c2c(F)cccc2Cl)c1C(=O)NCc1ccc([C@H](N[C@@H](CC(C)C)C(=O)NCC#N)C(F)(F)F)cc1. The number of aromatic nitrogens is 1. The Hall–Kier alpha value is -3.95. The van der Waals surface area contributed by atoms with E-state index < -0.39 is 35.9 Å². The van der Waals surface area contributed by atoms with E-state index in [1.54, 1.807) is 19.9 Å². The molecule has 2 atom stereocenters. The van der Waals surface area contributed by atoms with Crippen LogP contribution in [0.1, 0.15) is 53.6 Å². The summed E-state index contributed by atoms with van der Waals surface area (Å²) in [6.45, 7) is 4.63. The summed E-state index contributed by atoms with van der Waals surface area (Å²) >= 11 is 6.12. The number of nitrogens with zero attached hydrogens (tertiary/aromatic N) is 2. The molecular formula is C28H28ClF4N5O3. The Morgan fingerprint density at radius 2 is 1.80 bits per heavy atom. The lowest BCUT2D eigenvalue weighted by atomic mass is 9.99. The fourth-order valence-corrected chi connectivity index (χ4v) is 4.44. The highest BCUT2D eigenvalue weighted by Gasteiger charge is 2.43. The molecule has 0 aliphatic rings. The van der Waals surface area contributed by atoms with Gasteiger partial charge in [0.05, 0.1) is 22.7 Å². The van der Waals surface area contributed by atoms with Crippen LogP contribution in [0, 0.1) is 30.0 Å². The molecule has 0 saturated carbocycles. The van der Waals surface area contributed by atoms with Crippen LogP contribution in [0.25, 0.3) is 11.3 Å². The second-order valence-electron chi connectivity index (χ2n) is 9.68. The van der Waals surface area contributed by atoms with Crippen molar-refractivity contribution in [2.45, 2.75) is 52.0 Å². The molecule has 218 valence electrons. The lowest BCUT2D eigenvalue weighted by Gasteiger charge is -2.28. The van der Waals surface area contributed by atoms with E-state index in [9.17, 15) is 27.2 Å². The van der Waals surface area contributed by atoms with Crippen molar-refractivity contribution in [1.82, 2.24) is 21.1 Å². The normalized spacial score (nSPS) is 13.0. The molecule has 0 aliphatic heterocycles. The Kier molecular flexibility index (Phi) is 10.5. The van der Waals surface area contributed by atoms with Crippen LogP contribution in [0.4, 0.5) is 17.6 Å². The number of carbonyl (C=O) groups excluding carboxylic acids is 2. The van der Waals surface area contributed by atoms with Gasteiger partial charge in [-0.05, 0) is 42.5 Å². The quantitative estimate of drug-likeness (QED) is 0.196. The van der Waals surface area contributed by atoms with Gasteiger partial charge < -0.3 is 15.2 Å². The second-order valence-corrected chi connectivity index (χ2v) is 10.1. The van der Waals surface area contributed by atoms with Crippen LogP contribution in [0.2, 0.25) is 5.02 Å². The van der Waals surface area contributed by atoms with Gasteiger partial charge in [0.25, 0.3) is 5.91 Å². The van der Waals surface area contributed by atoms with E-state index in [0.717, 1.165) is 0 Å². The summed E-state index contributed by atoms with van der Waals surface area (Å²) in [5.41, 5.74) is 0.144. The second kappa shape index (κ2) is 13.6. The molecule has 0 bridgehead atoms. The molecule has 0 saturated heterocycles. The molecule has 0 aliphatic carbocycles. The number of nitriles is 1. The number of alkyl halides is 3. The summed E-state index contributed by atoms with van der Waals surface area (Å²) in [6, 6.07) is 7.75. The summed E-state index contributed by atoms with van der Waals surface area (Å²) in [7, 11) is 0. The number of hydrogen-bond donors (Lipinski definition) is 3. The Morgan fingerprint density at radius 3 is 2.39 bits per heavy atom. The van der Waals surface area contributed by atoms with Gasteiger partial charge in [-0.1, -0.05) is 60.9 Å². The Labute approximate surface area is 239 Å². The monoisotopic (exact) mass is 593 g/mol. The molecule has 0 unspecified atom stereocenters. The van der Waals surface area contributed by atoms with Crippen molar-refractivity contribution in [3.63, 3.8) is 0 Å². The van der Waals surface area contributed by atoms with Crippen molar-refractivity contribution in [3.8, 4) is 17.3 Å². The highest BCUT2D eigenvalue weighted by atomic mass is 35.5. The average Bonchev–Trinajstić information content (AvgIpc) is 3.28. The molecule has 1 heterocycles. The molecule has 13 heteroatoms. The zero-order chi connectivity index (χ0) is 30.3. The van der Waals surface area contributed by atoms with Gasteiger partial charge in [-0.25, -0.2) is 4.39 Å². The van der Waals surface area contributed by atoms with Gasteiger partial charge in [-0.2, -0.15) is 18.4 Å². The first-order chi connectivity index (χ1) is 19.3. The largest absolute Gasteiger partial charge is 0.407 e. The molecule has 2 amide bonds. The van der Waals surface area contributed by atoms with Crippen molar-refractivity contribution in [1.29, 1.82) is 5.26 Å². The third kappa shape index (κ3) is 8.05. The number of nitrogens with one attached hydrogen (secondary N) is 3. The molecule has 0 radical (unpaired) electrons. The average molecular weight is 594 g/mol. The Bertz CT molecular complexity index is 1400. The number of hydrogen-bond acceptors (Lipinski definition) is 6. The molecular weight excluding hydrogens is 566 g/mol. The van der Waals surface area contributed by atoms with Gasteiger partial charge in [0.15, 0.2) is 0 Å². The smallest absolute Gasteiger partial charge is 0.360 e. The van der Waals surface area contributed by atoms with E-state index in [4.69, 9.17) is 21.4 Å². The maximum Gasteiger partial charge on any atom is 0.407 e. The fraction of sp³-hybridized carbons (Fsp3) is 0.357. The summed E-state index contributed by atoms with van der Waals surface area (Å²) in [4.78, 5) is 25.4. The first-order valence-electron chi connectivity index (χ1n) is 12.6. The third-order valence-corrected chi connectivity index (χ3v) is 6.43. The van der Waals surface area contributed by atoms with E-state index >= 15 is 0 Å². The Balaban J connectivity index is 1.77. The van der Waals surface area contributed by atoms with E-state index in [1.165, 1.54) is 49.4 Å². The molecule has 3 rings (SSSR count). The van der Waals surface area contributed by atoms with E-state index in [0.29, 0.717) is 5.56 Å². The van der Waals surface area contributed by atoms with Crippen LogP contribution in [0.3, 0.4) is 0 Å². The maximum atomic E-state index is 14.4. The maximum absolute atomic E-state index is 14.4. The molecule has 2 aromatic carbocycles. The van der Waals surface area contributed by atoms with Gasteiger partial charge in [0.2, 0.25) is 5.91 Å². The lowest BCUT2D eigenvalue weighted by molar-refractivity contribution is -0.161. The minimum Gasteiger partial charge on any atom is -0.360 e. The Morgan fingerprint density at radius 1 is 1.12 bits per heavy atom. The number of amides is 2. The van der Waals surface area contributed by atoms with E-state index in [-0.39, 0.29) is 58.6 Å². The summed E-state index contributed by atoms with van der Waals surface area (Å²) < 4.78 is 61.7. The van der Waals surface area contributed by atoms with Crippen LogP contribution >= 0.6 is 11.6 Å². The topological polar surface area (TPSA) is 120 Å². The van der Waals surface area contributed by atoms with Crippen LogP contribution in [-0.2, 0) is 11.3 Å². The molecule has 0 fully saturated rings. The van der Waals surface area contributed by atoms with Crippen LogP contribution in [0.15, 0.2) is 47.0 Å². The molecule has 3 aromatic rings. The lowest BCUT2D eigenvalue weighted by Crippen LogP contribution is -2.49. The van der Waals surface area contributed by atoms with Crippen molar-refractivity contribution in [2.24, 2.45) is 5.92 Å². The molecule has 41 heavy (non-hydrogen) atoms. The zero-order valence-corrected chi connectivity index (χ0v) is 23.2. The van der Waals surface area contributed by atoms with E-state index in [1.807, 2.05) is 0 Å².